The summed E-state index contributed by atoms with van der Waals surface area (Å²) in [4.78, 5) is 19.4. The third-order valence-corrected chi connectivity index (χ3v) is 7.52. The minimum absolute atomic E-state index is 0.131. The highest BCUT2D eigenvalue weighted by molar-refractivity contribution is 7.99. The van der Waals surface area contributed by atoms with E-state index in [1.807, 2.05) is 48.5 Å². The molecular weight excluding hydrogens is 472 g/mol. The molecule has 1 fully saturated rings. The van der Waals surface area contributed by atoms with Crippen molar-refractivity contribution in [3.05, 3.63) is 54.1 Å². The molecule has 2 aromatic carbocycles. The highest BCUT2D eigenvalue weighted by atomic mass is 32.2. The van der Waals surface area contributed by atoms with Crippen LogP contribution < -0.4 is 14.4 Å². The molecule has 1 aliphatic heterocycles. The number of nitrogens with zero attached hydrogens (tertiary/aromatic N) is 4. The number of carbonyl (C=O) groups excluding carboxylic acids is 1. The molecule has 0 N–H and O–H groups in total. The van der Waals surface area contributed by atoms with Crippen LogP contribution in [0.1, 0.15) is 70.6 Å². The Hall–Kier alpha value is -3.13. The van der Waals surface area contributed by atoms with Gasteiger partial charge >= 0.3 is 0 Å². The summed E-state index contributed by atoms with van der Waals surface area (Å²) in [6, 6.07) is 15.5. The van der Waals surface area contributed by atoms with E-state index in [2.05, 4.69) is 17.1 Å². The summed E-state index contributed by atoms with van der Waals surface area (Å²) in [5.41, 5.74) is 2.87. The first-order valence-corrected chi connectivity index (χ1v) is 13.8. The van der Waals surface area contributed by atoms with Gasteiger partial charge in [0.05, 0.1) is 11.8 Å². The Bertz CT molecular complexity index is 1200. The third kappa shape index (κ3) is 5.33. The Morgan fingerprint density at radius 3 is 2.61 bits per heavy atom. The van der Waals surface area contributed by atoms with Gasteiger partial charge in [0.25, 0.3) is 0 Å². The molecule has 0 spiro atoms. The quantitative estimate of drug-likeness (QED) is 0.253. The lowest BCUT2D eigenvalue weighted by Gasteiger charge is -2.30. The van der Waals surface area contributed by atoms with Crippen molar-refractivity contribution < 1.29 is 14.3 Å². The fourth-order valence-electron chi connectivity index (χ4n) is 4.76. The van der Waals surface area contributed by atoms with Crippen LogP contribution in [0.4, 0.5) is 5.69 Å². The van der Waals surface area contributed by atoms with Crippen molar-refractivity contribution in [2.24, 2.45) is 0 Å². The third-order valence-electron chi connectivity index (χ3n) is 6.60. The number of carbonyl (C=O) groups is 1. The second-order valence-corrected chi connectivity index (χ2v) is 10.3. The van der Waals surface area contributed by atoms with E-state index in [-0.39, 0.29) is 12.0 Å². The first kappa shape index (κ1) is 24.6. The Labute approximate surface area is 216 Å². The molecule has 7 nitrogen and oxygen atoms in total. The second-order valence-electron chi connectivity index (χ2n) is 9.27. The van der Waals surface area contributed by atoms with Crippen molar-refractivity contribution in [2.45, 2.75) is 76.3 Å². The minimum atomic E-state index is -0.694. The molecule has 2 heterocycles. The maximum atomic E-state index is 13.0. The van der Waals surface area contributed by atoms with Crippen LogP contribution in [0, 0.1) is 0 Å². The average molecular weight is 505 g/mol. The standard InChI is InChI=1S/C28H32N4O3S/c1-3-4-9-18-36-28-29-26-25(30-31-28)23-12-7-8-13-24(23)32(19(2)33)27(35-26)20-14-16-22(17-15-20)34-21-10-5-6-11-21/h7-8,12-17,21,27H,3-6,9-11,18H2,1-2H3. The molecule has 1 atom stereocenters. The predicted octanol–water partition coefficient (Wildman–Crippen LogP) is 6.59. The second kappa shape index (κ2) is 11.3. The van der Waals surface area contributed by atoms with Crippen molar-refractivity contribution in [2.75, 3.05) is 10.7 Å². The van der Waals surface area contributed by atoms with Crippen LogP contribution in [0.2, 0.25) is 0 Å². The highest BCUT2D eigenvalue weighted by Crippen LogP contribution is 2.43. The van der Waals surface area contributed by atoms with E-state index >= 15 is 0 Å². The Balaban J connectivity index is 1.49. The molecule has 1 saturated carbocycles. The zero-order valence-electron chi connectivity index (χ0n) is 20.9. The van der Waals surface area contributed by atoms with E-state index in [1.165, 1.54) is 19.3 Å². The molecule has 1 unspecified atom stereocenters. The fraction of sp³-hybridized carbons (Fsp3) is 0.429. The number of hydrogen-bond acceptors (Lipinski definition) is 7. The number of unbranched alkanes of at least 4 members (excludes halogenated alkanes) is 2. The number of ether oxygens (including phenoxy) is 2. The number of thioether (sulfide) groups is 1. The summed E-state index contributed by atoms with van der Waals surface area (Å²) >= 11 is 1.58. The van der Waals surface area contributed by atoms with Gasteiger partial charge in [0.15, 0.2) is 5.69 Å². The number of anilines is 1. The van der Waals surface area contributed by atoms with Gasteiger partial charge in [-0.05, 0) is 62.4 Å². The van der Waals surface area contributed by atoms with Gasteiger partial charge in [0.1, 0.15) is 5.75 Å². The first-order valence-electron chi connectivity index (χ1n) is 12.8. The molecular formula is C28H32N4O3S. The molecule has 3 aromatic rings. The van der Waals surface area contributed by atoms with E-state index in [0.29, 0.717) is 16.7 Å². The fourth-order valence-corrected chi connectivity index (χ4v) is 5.53. The van der Waals surface area contributed by atoms with Gasteiger partial charge in [0, 0.05) is 23.8 Å². The largest absolute Gasteiger partial charge is 0.490 e. The van der Waals surface area contributed by atoms with Crippen LogP contribution >= 0.6 is 11.8 Å². The summed E-state index contributed by atoms with van der Waals surface area (Å²) in [7, 11) is 0. The van der Waals surface area contributed by atoms with Gasteiger partial charge in [-0.2, -0.15) is 4.98 Å². The van der Waals surface area contributed by atoms with Crippen LogP contribution in [0.5, 0.6) is 11.6 Å². The van der Waals surface area contributed by atoms with Crippen molar-refractivity contribution >= 4 is 23.4 Å². The van der Waals surface area contributed by atoms with Crippen LogP contribution in [0.3, 0.4) is 0 Å². The molecule has 1 aromatic heterocycles. The number of fused-ring (bicyclic) bond motifs is 3. The average Bonchev–Trinajstić information content (AvgIpc) is 3.35. The van der Waals surface area contributed by atoms with E-state index < -0.39 is 6.23 Å². The van der Waals surface area contributed by atoms with Crippen molar-refractivity contribution in [1.82, 2.24) is 15.2 Å². The van der Waals surface area contributed by atoms with Crippen LogP contribution in [-0.4, -0.2) is 32.9 Å². The molecule has 36 heavy (non-hydrogen) atoms. The summed E-state index contributed by atoms with van der Waals surface area (Å²) in [6.45, 7) is 3.74. The first-order chi connectivity index (χ1) is 17.6. The molecule has 1 aliphatic carbocycles. The molecule has 188 valence electrons. The lowest BCUT2D eigenvalue weighted by atomic mass is 10.1. The molecule has 5 rings (SSSR count). The summed E-state index contributed by atoms with van der Waals surface area (Å²) in [6.07, 6.45) is 7.67. The maximum Gasteiger partial charge on any atom is 0.247 e. The molecule has 2 aliphatic rings. The Morgan fingerprint density at radius 1 is 1.08 bits per heavy atom. The zero-order chi connectivity index (χ0) is 24.9. The SMILES string of the molecule is CCCCCSc1nnc2c(n1)OC(c1ccc(OC3CCCC3)cc1)N(C(C)=O)c1ccccc1-2. The topological polar surface area (TPSA) is 77.4 Å². The molecule has 0 radical (unpaired) electrons. The lowest BCUT2D eigenvalue weighted by Crippen LogP contribution is -2.36. The molecule has 0 bridgehead atoms. The summed E-state index contributed by atoms with van der Waals surface area (Å²) in [5, 5.41) is 9.44. The van der Waals surface area contributed by atoms with Crippen LogP contribution in [0.25, 0.3) is 11.3 Å². The molecule has 8 heteroatoms. The van der Waals surface area contributed by atoms with E-state index in [1.54, 1.807) is 23.6 Å². The van der Waals surface area contributed by atoms with E-state index in [9.17, 15) is 4.79 Å². The summed E-state index contributed by atoms with van der Waals surface area (Å²) in [5.74, 6) is 2.02. The zero-order valence-corrected chi connectivity index (χ0v) is 21.7. The van der Waals surface area contributed by atoms with Gasteiger partial charge in [-0.15, -0.1) is 10.2 Å². The van der Waals surface area contributed by atoms with Crippen molar-refractivity contribution in [1.29, 1.82) is 0 Å². The number of para-hydroxylation sites is 1. The van der Waals surface area contributed by atoms with Crippen molar-refractivity contribution in [3.63, 3.8) is 0 Å². The number of benzene rings is 2. The van der Waals surface area contributed by atoms with Crippen molar-refractivity contribution in [3.8, 4) is 22.9 Å². The Kier molecular flexibility index (Phi) is 7.70. The minimum Gasteiger partial charge on any atom is -0.490 e. The lowest BCUT2D eigenvalue weighted by molar-refractivity contribution is -0.118. The van der Waals surface area contributed by atoms with Gasteiger partial charge < -0.3 is 9.47 Å². The number of hydrogen-bond donors (Lipinski definition) is 0. The summed E-state index contributed by atoms with van der Waals surface area (Å²) < 4.78 is 12.6. The predicted molar refractivity (Wildman–Crippen MR) is 141 cm³/mol. The number of aromatic nitrogens is 3. The monoisotopic (exact) mass is 504 g/mol. The molecule has 0 saturated heterocycles. The smallest absolute Gasteiger partial charge is 0.247 e. The van der Waals surface area contributed by atoms with E-state index in [4.69, 9.17) is 14.5 Å². The van der Waals surface area contributed by atoms with Gasteiger partial charge in [-0.25, -0.2) is 0 Å². The normalized spacial score (nSPS) is 17.2. The highest BCUT2D eigenvalue weighted by Gasteiger charge is 2.34. The Morgan fingerprint density at radius 2 is 1.86 bits per heavy atom. The van der Waals surface area contributed by atoms with Crippen LogP contribution in [-0.2, 0) is 4.79 Å². The molecule has 1 amide bonds. The number of amides is 1. The van der Waals surface area contributed by atoms with Gasteiger partial charge in [-0.1, -0.05) is 49.7 Å². The van der Waals surface area contributed by atoms with Crippen LogP contribution in [0.15, 0.2) is 53.7 Å². The van der Waals surface area contributed by atoms with E-state index in [0.717, 1.165) is 54.0 Å². The maximum absolute atomic E-state index is 13.0. The number of rotatable bonds is 8. The van der Waals surface area contributed by atoms with Gasteiger partial charge in [-0.3, -0.25) is 9.69 Å². The van der Waals surface area contributed by atoms with Gasteiger partial charge in [0.2, 0.25) is 23.2 Å².